The van der Waals surface area contributed by atoms with E-state index >= 15 is 0 Å². The van der Waals surface area contributed by atoms with Gasteiger partial charge in [-0.1, -0.05) is 12.1 Å². The number of amides is 2. The molecule has 0 bridgehead atoms. The zero-order chi connectivity index (χ0) is 15.5. The summed E-state index contributed by atoms with van der Waals surface area (Å²) in [7, 11) is 0. The number of H-pyrrole nitrogens is 1. The van der Waals surface area contributed by atoms with Crippen LogP contribution in [0, 0.1) is 6.92 Å². The fourth-order valence-corrected chi connectivity index (χ4v) is 2.16. The summed E-state index contributed by atoms with van der Waals surface area (Å²) in [5.41, 5.74) is 5.98. The fourth-order valence-electron chi connectivity index (χ4n) is 2.16. The quantitative estimate of drug-likeness (QED) is 0.802. The Labute approximate surface area is 126 Å². The van der Waals surface area contributed by atoms with Crippen LogP contribution in [-0.2, 0) is 9.59 Å². The Kier molecular flexibility index (Phi) is 3.69. The molecule has 0 spiro atoms. The van der Waals surface area contributed by atoms with Crippen molar-refractivity contribution in [3.05, 3.63) is 36.0 Å². The molecule has 2 aromatic rings. The van der Waals surface area contributed by atoms with Crippen LogP contribution in [0.15, 0.2) is 35.4 Å². The van der Waals surface area contributed by atoms with Crippen molar-refractivity contribution in [2.75, 3.05) is 5.32 Å². The Morgan fingerprint density at radius 2 is 2.14 bits per heavy atom. The Morgan fingerprint density at radius 1 is 1.27 bits per heavy atom. The van der Waals surface area contributed by atoms with Gasteiger partial charge >= 0.3 is 0 Å². The van der Waals surface area contributed by atoms with Gasteiger partial charge < -0.3 is 5.32 Å². The Morgan fingerprint density at radius 3 is 2.82 bits per heavy atom. The van der Waals surface area contributed by atoms with Crippen LogP contribution in [0.2, 0.25) is 0 Å². The molecule has 0 atom stereocenters. The van der Waals surface area contributed by atoms with E-state index in [0.29, 0.717) is 17.8 Å². The van der Waals surface area contributed by atoms with E-state index < -0.39 is 0 Å². The van der Waals surface area contributed by atoms with Crippen molar-refractivity contribution in [2.45, 2.75) is 19.8 Å². The molecule has 0 fully saturated rings. The van der Waals surface area contributed by atoms with E-state index in [1.54, 1.807) is 6.07 Å². The second kappa shape index (κ2) is 5.80. The number of carbonyl (C=O) groups is 2. The molecule has 1 aromatic heterocycles. The first-order valence-electron chi connectivity index (χ1n) is 6.91. The van der Waals surface area contributed by atoms with Crippen LogP contribution >= 0.6 is 0 Å². The summed E-state index contributed by atoms with van der Waals surface area (Å²) in [4.78, 5) is 23.1. The highest BCUT2D eigenvalue weighted by Gasteiger charge is 2.18. The fraction of sp³-hybridized carbons (Fsp3) is 0.200. The highest BCUT2D eigenvalue weighted by Crippen LogP contribution is 2.21. The minimum atomic E-state index is -0.310. The summed E-state index contributed by atoms with van der Waals surface area (Å²) in [5.74, 6) is -0.484. The van der Waals surface area contributed by atoms with Crippen molar-refractivity contribution in [1.82, 2.24) is 15.6 Å². The monoisotopic (exact) mass is 297 g/mol. The SMILES string of the molecule is Cc1cc(-c2cccc(NC(=O)C3=NNC(=O)CC3)c2)n[nH]1. The van der Waals surface area contributed by atoms with E-state index in [4.69, 9.17) is 0 Å². The average Bonchev–Trinajstić information content (AvgIpc) is 2.95. The molecule has 3 rings (SSSR count). The number of hydrogen-bond acceptors (Lipinski definition) is 4. The lowest BCUT2D eigenvalue weighted by molar-refractivity contribution is -0.121. The number of hydrogen-bond donors (Lipinski definition) is 3. The lowest BCUT2D eigenvalue weighted by Gasteiger charge is -2.12. The number of aromatic nitrogens is 2. The van der Waals surface area contributed by atoms with Gasteiger partial charge in [-0.15, -0.1) is 0 Å². The summed E-state index contributed by atoms with van der Waals surface area (Å²) < 4.78 is 0. The van der Waals surface area contributed by atoms with E-state index in [1.165, 1.54) is 0 Å². The van der Waals surface area contributed by atoms with Crippen molar-refractivity contribution in [2.24, 2.45) is 5.10 Å². The van der Waals surface area contributed by atoms with E-state index in [9.17, 15) is 9.59 Å². The van der Waals surface area contributed by atoms with Crippen molar-refractivity contribution >= 4 is 23.2 Å². The van der Waals surface area contributed by atoms with Crippen molar-refractivity contribution in [3.8, 4) is 11.3 Å². The zero-order valence-electron chi connectivity index (χ0n) is 12.0. The van der Waals surface area contributed by atoms with Gasteiger partial charge in [-0.3, -0.25) is 14.7 Å². The molecule has 22 heavy (non-hydrogen) atoms. The first-order chi connectivity index (χ1) is 10.6. The number of nitrogens with one attached hydrogen (secondary N) is 3. The predicted octanol–water partition coefficient (Wildman–Crippen LogP) is 1.59. The number of carbonyl (C=O) groups excluding carboxylic acids is 2. The first kappa shape index (κ1) is 14.0. The first-order valence-corrected chi connectivity index (χ1v) is 6.91. The highest BCUT2D eigenvalue weighted by atomic mass is 16.2. The Balaban J connectivity index is 1.76. The van der Waals surface area contributed by atoms with Crippen LogP contribution in [0.4, 0.5) is 5.69 Å². The molecule has 2 amide bonds. The number of anilines is 1. The average molecular weight is 297 g/mol. The molecule has 1 aliphatic rings. The van der Waals surface area contributed by atoms with Gasteiger partial charge in [-0.05, 0) is 25.1 Å². The second-order valence-electron chi connectivity index (χ2n) is 5.06. The molecule has 0 saturated heterocycles. The van der Waals surface area contributed by atoms with Gasteiger partial charge in [0.05, 0.1) is 5.69 Å². The maximum atomic E-state index is 12.1. The summed E-state index contributed by atoms with van der Waals surface area (Å²) in [6.45, 7) is 1.93. The van der Waals surface area contributed by atoms with Crippen LogP contribution in [0.3, 0.4) is 0 Å². The molecular weight excluding hydrogens is 282 g/mol. The van der Waals surface area contributed by atoms with Gasteiger partial charge in [0.1, 0.15) is 5.71 Å². The van der Waals surface area contributed by atoms with Crippen molar-refractivity contribution in [1.29, 1.82) is 0 Å². The highest BCUT2D eigenvalue weighted by molar-refractivity contribution is 6.43. The van der Waals surface area contributed by atoms with Crippen LogP contribution in [0.5, 0.6) is 0 Å². The molecule has 7 nitrogen and oxygen atoms in total. The molecule has 0 radical (unpaired) electrons. The minimum absolute atomic E-state index is 0.174. The number of benzene rings is 1. The van der Waals surface area contributed by atoms with Crippen molar-refractivity contribution < 1.29 is 9.59 Å². The smallest absolute Gasteiger partial charge is 0.271 e. The molecule has 0 unspecified atom stereocenters. The van der Waals surface area contributed by atoms with Crippen LogP contribution in [0.25, 0.3) is 11.3 Å². The third-order valence-corrected chi connectivity index (χ3v) is 3.29. The number of rotatable bonds is 3. The van der Waals surface area contributed by atoms with E-state index in [2.05, 4.69) is 26.0 Å². The van der Waals surface area contributed by atoms with Gasteiger partial charge in [0, 0.05) is 29.8 Å². The topological polar surface area (TPSA) is 99.2 Å². The van der Waals surface area contributed by atoms with Crippen LogP contribution < -0.4 is 10.7 Å². The number of aryl methyl sites for hydroxylation is 1. The molecule has 1 aliphatic heterocycles. The molecule has 0 aliphatic carbocycles. The third-order valence-electron chi connectivity index (χ3n) is 3.29. The van der Waals surface area contributed by atoms with Gasteiger partial charge in [0.2, 0.25) is 5.91 Å². The summed E-state index contributed by atoms with van der Waals surface area (Å²) >= 11 is 0. The normalized spacial score (nSPS) is 14.2. The van der Waals surface area contributed by atoms with Crippen LogP contribution in [-0.4, -0.2) is 27.7 Å². The lowest BCUT2D eigenvalue weighted by atomic mass is 10.1. The lowest BCUT2D eigenvalue weighted by Crippen LogP contribution is -2.32. The largest absolute Gasteiger partial charge is 0.321 e. The Bertz CT molecular complexity index is 763. The molecular formula is C15H15N5O2. The number of aromatic amines is 1. The van der Waals surface area contributed by atoms with Gasteiger partial charge in [-0.25, -0.2) is 5.43 Å². The maximum Gasteiger partial charge on any atom is 0.271 e. The third kappa shape index (κ3) is 3.03. The number of hydrazone groups is 1. The molecule has 0 saturated carbocycles. The summed E-state index contributed by atoms with van der Waals surface area (Å²) in [6.07, 6.45) is 0.620. The molecule has 3 N–H and O–H groups in total. The van der Waals surface area contributed by atoms with Crippen molar-refractivity contribution in [3.63, 3.8) is 0 Å². The minimum Gasteiger partial charge on any atom is -0.321 e. The Hall–Kier alpha value is -2.96. The van der Waals surface area contributed by atoms with Crippen LogP contribution in [0.1, 0.15) is 18.5 Å². The van der Waals surface area contributed by atoms with Gasteiger partial charge in [0.25, 0.3) is 5.91 Å². The molecule has 2 heterocycles. The summed E-state index contributed by atoms with van der Waals surface area (Å²) in [5, 5.41) is 13.6. The van der Waals surface area contributed by atoms with Gasteiger partial charge in [0.15, 0.2) is 0 Å². The predicted molar refractivity (Wildman–Crippen MR) is 82.2 cm³/mol. The zero-order valence-corrected chi connectivity index (χ0v) is 12.0. The van der Waals surface area contributed by atoms with E-state index in [0.717, 1.165) is 17.0 Å². The van der Waals surface area contributed by atoms with E-state index in [1.807, 2.05) is 31.2 Å². The molecule has 112 valence electrons. The summed E-state index contributed by atoms with van der Waals surface area (Å²) in [6, 6.07) is 9.34. The maximum absolute atomic E-state index is 12.1. The molecule has 7 heteroatoms. The van der Waals surface area contributed by atoms with Gasteiger partial charge in [-0.2, -0.15) is 10.2 Å². The standard InChI is InChI=1S/C15H15N5O2/c1-9-7-13(19-17-9)10-3-2-4-11(8-10)16-15(22)12-5-6-14(21)20-18-12/h2-4,7-8H,5-6H2,1H3,(H,16,22)(H,17,19)(H,20,21). The molecule has 1 aromatic carbocycles. The number of nitrogens with zero attached hydrogens (tertiary/aromatic N) is 2. The van der Waals surface area contributed by atoms with E-state index in [-0.39, 0.29) is 18.2 Å². The second-order valence-corrected chi connectivity index (χ2v) is 5.06.